The molecule has 0 saturated carbocycles. The maximum Gasteiger partial charge on any atom is 0.407 e. The van der Waals surface area contributed by atoms with E-state index in [9.17, 15) is 14.7 Å². The molecule has 38 heavy (non-hydrogen) atoms. The van der Waals surface area contributed by atoms with Gasteiger partial charge >= 0.3 is 6.09 Å². The Morgan fingerprint density at radius 3 is 2.13 bits per heavy atom. The number of hydrogen-bond donors (Lipinski definition) is 3. The molecule has 204 valence electrons. The fourth-order valence-corrected chi connectivity index (χ4v) is 5.46. The first-order valence-corrected chi connectivity index (χ1v) is 13.9. The van der Waals surface area contributed by atoms with Gasteiger partial charge < -0.3 is 20.9 Å². The van der Waals surface area contributed by atoms with Crippen LogP contribution in [-0.2, 0) is 24.0 Å². The Hall–Kier alpha value is -3.23. The number of carbonyl (C=O) groups is 2. The van der Waals surface area contributed by atoms with E-state index in [1.54, 1.807) is 20.8 Å². The van der Waals surface area contributed by atoms with Gasteiger partial charge in [0.25, 0.3) is 5.91 Å². The number of thiazole rings is 1. The summed E-state index contributed by atoms with van der Waals surface area (Å²) in [6, 6.07) is 19.1. The van der Waals surface area contributed by atoms with Gasteiger partial charge in [-0.3, -0.25) is 4.79 Å². The third-order valence-corrected chi connectivity index (χ3v) is 7.36. The molecule has 8 heteroatoms. The van der Waals surface area contributed by atoms with Crippen LogP contribution in [0.2, 0.25) is 0 Å². The first-order valence-electron chi connectivity index (χ1n) is 13.1. The van der Waals surface area contributed by atoms with Gasteiger partial charge in [-0.25, -0.2) is 9.78 Å². The number of aromatic nitrogens is 1. The second kappa shape index (κ2) is 13.5. The van der Waals surface area contributed by atoms with E-state index in [-0.39, 0.29) is 5.92 Å². The lowest BCUT2D eigenvalue weighted by atomic mass is 9.89. The van der Waals surface area contributed by atoms with Gasteiger partial charge in [-0.05, 0) is 57.6 Å². The topological polar surface area (TPSA) is 115 Å². The van der Waals surface area contributed by atoms with E-state index >= 15 is 0 Å². The van der Waals surface area contributed by atoms with Crippen molar-refractivity contribution in [2.75, 3.05) is 0 Å². The van der Waals surface area contributed by atoms with Gasteiger partial charge in [-0.2, -0.15) is 0 Å². The molecule has 0 spiro atoms. The number of nitrogens with one attached hydrogen (secondary N) is 1. The van der Waals surface area contributed by atoms with E-state index in [4.69, 9.17) is 15.5 Å². The standard InChI is InChI=1S/C30H39N3O4S/c1-5-12-23-26(27(31)35)38-28(32-23)22(17-20-13-8-6-9-14-20)19-25(34)24(18-21-15-10-7-11-16-21)33-29(36)37-30(2,3)4/h6-11,13-16,22,24-25,34H,5,12,17-19H2,1-4H3,(H2,31,35)(H,33,36)/t22?,24-,25-/m0/s1. The zero-order valence-electron chi connectivity index (χ0n) is 22.6. The summed E-state index contributed by atoms with van der Waals surface area (Å²) in [5, 5.41) is 15.2. The summed E-state index contributed by atoms with van der Waals surface area (Å²) >= 11 is 1.31. The van der Waals surface area contributed by atoms with Crippen LogP contribution < -0.4 is 11.1 Å². The predicted octanol–water partition coefficient (Wildman–Crippen LogP) is 5.41. The summed E-state index contributed by atoms with van der Waals surface area (Å²) in [6.07, 6.45) is 1.42. The van der Waals surface area contributed by atoms with Crippen LogP contribution >= 0.6 is 11.3 Å². The summed E-state index contributed by atoms with van der Waals surface area (Å²) < 4.78 is 5.49. The molecule has 4 N–H and O–H groups in total. The van der Waals surface area contributed by atoms with Crippen LogP contribution in [0.5, 0.6) is 0 Å². The molecule has 0 saturated heterocycles. The van der Waals surface area contributed by atoms with E-state index in [0.717, 1.165) is 22.6 Å². The zero-order chi connectivity index (χ0) is 27.7. The molecule has 3 aromatic rings. The molecule has 2 amide bonds. The SMILES string of the molecule is CCCc1nc(C(Cc2ccccc2)C[C@H](O)[C@H](Cc2ccccc2)NC(=O)OC(C)(C)C)sc1C(N)=O. The summed E-state index contributed by atoms with van der Waals surface area (Å²) in [5.74, 6) is -0.662. The molecule has 1 heterocycles. The summed E-state index contributed by atoms with van der Waals surface area (Å²) in [6.45, 7) is 7.44. The van der Waals surface area contributed by atoms with Gasteiger partial charge in [0.05, 0.1) is 22.8 Å². The molecule has 0 aliphatic carbocycles. The van der Waals surface area contributed by atoms with Crippen molar-refractivity contribution >= 4 is 23.3 Å². The minimum absolute atomic E-state index is 0.181. The molecular formula is C30H39N3O4S. The monoisotopic (exact) mass is 537 g/mol. The number of nitrogens with two attached hydrogens (primary N) is 1. The molecule has 7 nitrogen and oxygen atoms in total. The van der Waals surface area contributed by atoms with Crippen molar-refractivity contribution in [3.05, 3.63) is 87.4 Å². The van der Waals surface area contributed by atoms with E-state index in [1.165, 1.54) is 11.3 Å². The van der Waals surface area contributed by atoms with Crippen LogP contribution in [0.15, 0.2) is 60.7 Å². The van der Waals surface area contributed by atoms with Crippen molar-refractivity contribution in [1.82, 2.24) is 10.3 Å². The lowest BCUT2D eigenvalue weighted by molar-refractivity contribution is 0.0405. The van der Waals surface area contributed by atoms with Gasteiger partial charge in [0, 0.05) is 5.92 Å². The fraction of sp³-hybridized carbons (Fsp3) is 0.433. The first kappa shape index (κ1) is 29.3. The lowest BCUT2D eigenvalue weighted by Gasteiger charge is -2.29. The van der Waals surface area contributed by atoms with Gasteiger partial charge in [0.15, 0.2) is 0 Å². The largest absolute Gasteiger partial charge is 0.444 e. The Bertz CT molecular complexity index is 1180. The third kappa shape index (κ3) is 8.96. The molecule has 0 bridgehead atoms. The molecule has 2 aromatic carbocycles. The number of carbonyl (C=O) groups excluding carboxylic acids is 2. The van der Waals surface area contributed by atoms with Crippen LogP contribution in [0.3, 0.4) is 0 Å². The molecule has 3 atom stereocenters. The molecule has 1 aromatic heterocycles. The highest BCUT2D eigenvalue weighted by Gasteiger charge is 2.30. The van der Waals surface area contributed by atoms with Crippen LogP contribution in [0.25, 0.3) is 0 Å². The summed E-state index contributed by atoms with van der Waals surface area (Å²) in [7, 11) is 0. The minimum atomic E-state index is -0.896. The number of primary amides is 1. The van der Waals surface area contributed by atoms with Gasteiger partial charge in [-0.1, -0.05) is 74.0 Å². The van der Waals surface area contributed by atoms with Crippen molar-refractivity contribution in [3.63, 3.8) is 0 Å². The normalized spacial score (nSPS) is 13.9. The summed E-state index contributed by atoms with van der Waals surface area (Å²) in [5.41, 5.74) is 7.80. The lowest BCUT2D eigenvalue weighted by Crippen LogP contribution is -2.47. The summed E-state index contributed by atoms with van der Waals surface area (Å²) in [4.78, 5) is 30.1. The van der Waals surface area contributed by atoms with Gasteiger partial charge in [0.1, 0.15) is 10.5 Å². The molecule has 0 radical (unpaired) electrons. The van der Waals surface area contributed by atoms with Crippen molar-refractivity contribution in [1.29, 1.82) is 0 Å². The quantitative estimate of drug-likeness (QED) is 0.286. The van der Waals surface area contributed by atoms with Crippen LogP contribution in [0, 0.1) is 0 Å². The second-order valence-corrected chi connectivity index (χ2v) is 11.6. The van der Waals surface area contributed by atoms with E-state index in [1.807, 2.05) is 67.6 Å². The van der Waals surface area contributed by atoms with Crippen LogP contribution in [0.4, 0.5) is 4.79 Å². The van der Waals surface area contributed by atoms with Crippen molar-refractivity contribution < 1.29 is 19.4 Å². The third-order valence-electron chi connectivity index (χ3n) is 6.09. The van der Waals surface area contributed by atoms with Crippen LogP contribution in [0.1, 0.15) is 78.0 Å². The number of nitrogens with zero attached hydrogens (tertiary/aromatic N) is 1. The van der Waals surface area contributed by atoms with E-state index in [2.05, 4.69) is 5.32 Å². The van der Waals surface area contributed by atoms with Crippen LogP contribution in [-0.4, -0.2) is 39.8 Å². The van der Waals surface area contributed by atoms with Gasteiger partial charge in [-0.15, -0.1) is 11.3 Å². The Morgan fingerprint density at radius 2 is 1.61 bits per heavy atom. The maximum absolute atomic E-state index is 12.7. The zero-order valence-corrected chi connectivity index (χ0v) is 23.5. The molecule has 0 aliphatic rings. The molecule has 3 rings (SSSR count). The fourth-order valence-electron chi connectivity index (χ4n) is 4.38. The Morgan fingerprint density at radius 1 is 1.03 bits per heavy atom. The number of benzene rings is 2. The maximum atomic E-state index is 12.7. The van der Waals surface area contributed by atoms with E-state index < -0.39 is 29.7 Å². The molecule has 0 aliphatic heterocycles. The Labute approximate surface area is 229 Å². The molecule has 0 fully saturated rings. The number of hydrogen-bond acceptors (Lipinski definition) is 6. The second-order valence-electron chi connectivity index (χ2n) is 10.6. The Kier molecular flexibility index (Phi) is 10.4. The number of alkyl carbamates (subject to hydrolysis) is 1. The average Bonchev–Trinajstić information content (AvgIpc) is 3.28. The average molecular weight is 538 g/mol. The van der Waals surface area contributed by atoms with Gasteiger partial charge in [0.2, 0.25) is 0 Å². The number of aliphatic hydroxyl groups is 1. The predicted molar refractivity (Wildman–Crippen MR) is 151 cm³/mol. The first-order chi connectivity index (χ1) is 18.1. The molecular weight excluding hydrogens is 498 g/mol. The number of aryl methyl sites for hydroxylation is 1. The number of rotatable bonds is 12. The number of amides is 2. The van der Waals surface area contributed by atoms with Crippen molar-refractivity contribution in [2.45, 2.75) is 83.5 Å². The van der Waals surface area contributed by atoms with Crippen molar-refractivity contribution in [2.24, 2.45) is 5.73 Å². The van der Waals surface area contributed by atoms with E-state index in [0.29, 0.717) is 36.3 Å². The smallest absolute Gasteiger partial charge is 0.407 e. The molecule has 1 unspecified atom stereocenters. The highest BCUT2D eigenvalue weighted by molar-refractivity contribution is 7.13. The number of ether oxygens (including phenoxy) is 1. The highest BCUT2D eigenvalue weighted by atomic mass is 32.1. The highest BCUT2D eigenvalue weighted by Crippen LogP contribution is 2.33. The number of aliphatic hydroxyl groups excluding tert-OH is 1. The minimum Gasteiger partial charge on any atom is -0.444 e. The Balaban J connectivity index is 1.91. The van der Waals surface area contributed by atoms with Crippen molar-refractivity contribution in [3.8, 4) is 0 Å².